The number of carbonyl (C=O) groups excluding carboxylic acids is 1. The average Bonchev–Trinajstić information content (AvgIpc) is 3.34. The first-order valence-electron chi connectivity index (χ1n) is 9.66. The number of rotatable bonds is 6. The number of thiophene rings is 1. The molecular formula is C21H22FN5O3S. The molecule has 8 nitrogen and oxygen atoms in total. The van der Waals surface area contributed by atoms with Crippen molar-refractivity contribution in [1.82, 2.24) is 14.3 Å². The van der Waals surface area contributed by atoms with Crippen molar-refractivity contribution >= 4 is 27.9 Å². The van der Waals surface area contributed by atoms with Gasteiger partial charge in [0, 0.05) is 11.4 Å². The summed E-state index contributed by atoms with van der Waals surface area (Å²) in [4.78, 5) is 28.2. The highest BCUT2D eigenvalue weighted by molar-refractivity contribution is 7.16. The molecule has 0 aliphatic carbocycles. The number of aromatic nitrogens is 3. The Morgan fingerprint density at radius 2 is 2.03 bits per heavy atom. The van der Waals surface area contributed by atoms with Gasteiger partial charge in [-0.2, -0.15) is 5.10 Å². The molecule has 2 N–H and O–H groups in total. The Balaban J connectivity index is 1.61. The normalized spacial score (nSPS) is 15.7. The highest BCUT2D eigenvalue weighted by atomic mass is 32.1. The summed E-state index contributed by atoms with van der Waals surface area (Å²) in [5, 5.41) is 4.76. The van der Waals surface area contributed by atoms with Crippen molar-refractivity contribution in [3.8, 4) is 5.75 Å². The van der Waals surface area contributed by atoms with Crippen LogP contribution in [0.4, 0.5) is 15.1 Å². The smallest absolute Gasteiger partial charge is 0.346 e. The Morgan fingerprint density at radius 3 is 2.77 bits per heavy atom. The van der Waals surface area contributed by atoms with E-state index in [1.807, 2.05) is 36.4 Å². The van der Waals surface area contributed by atoms with E-state index in [0.29, 0.717) is 17.8 Å². The van der Waals surface area contributed by atoms with Crippen molar-refractivity contribution in [3.05, 3.63) is 70.0 Å². The zero-order valence-electron chi connectivity index (χ0n) is 17.1. The SMILES string of the molecule is CC1(C)Oc2ccccc2N(c2ccc(Cn3cnn(C/C(=C/F)CN)c3=O)s2)C1=O. The Morgan fingerprint density at radius 1 is 1.26 bits per heavy atom. The van der Waals surface area contributed by atoms with Crippen molar-refractivity contribution in [2.24, 2.45) is 5.73 Å². The van der Waals surface area contributed by atoms with Gasteiger partial charge >= 0.3 is 5.69 Å². The topological polar surface area (TPSA) is 95.4 Å². The van der Waals surface area contributed by atoms with E-state index < -0.39 is 5.60 Å². The molecule has 3 heterocycles. The zero-order valence-corrected chi connectivity index (χ0v) is 17.9. The van der Waals surface area contributed by atoms with Crippen molar-refractivity contribution in [3.63, 3.8) is 0 Å². The van der Waals surface area contributed by atoms with Gasteiger partial charge in [-0.05, 0) is 43.7 Å². The van der Waals surface area contributed by atoms with Crippen LogP contribution < -0.4 is 21.1 Å². The van der Waals surface area contributed by atoms with Gasteiger partial charge in [0.15, 0.2) is 5.60 Å². The van der Waals surface area contributed by atoms with Gasteiger partial charge < -0.3 is 10.5 Å². The number of halogens is 1. The van der Waals surface area contributed by atoms with Crippen LogP contribution in [0, 0.1) is 0 Å². The van der Waals surface area contributed by atoms with E-state index in [1.165, 1.54) is 22.2 Å². The van der Waals surface area contributed by atoms with Crippen LogP contribution >= 0.6 is 11.3 Å². The molecule has 4 rings (SSSR count). The Labute approximate surface area is 182 Å². The molecule has 10 heteroatoms. The molecule has 0 saturated heterocycles. The number of nitrogens with zero attached hydrogens (tertiary/aromatic N) is 4. The quantitative estimate of drug-likeness (QED) is 0.632. The fourth-order valence-corrected chi connectivity index (χ4v) is 4.33. The highest BCUT2D eigenvalue weighted by Gasteiger charge is 2.42. The maximum absolute atomic E-state index is 13.1. The predicted molar refractivity (Wildman–Crippen MR) is 116 cm³/mol. The molecule has 162 valence electrons. The molecule has 0 spiro atoms. The number of carbonyl (C=O) groups is 1. The fourth-order valence-electron chi connectivity index (χ4n) is 3.31. The lowest BCUT2D eigenvalue weighted by atomic mass is 10.0. The van der Waals surface area contributed by atoms with E-state index in [1.54, 1.807) is 18.7 Å². The summed E-state index contributed by atoms with van der Waals surface area (Å²) in [6.45, 7) is 3.77. The summed E-state index contributed by atoms with van der Waals surface area (Å²) in [7, 11) is 0. The largest absolute Gasteiger partial charge is 0.476 e. The molecule has 1 aromatic carbocycles. The molecule has 1 amide bonds. The number of amides is 1. The van der Waals surface area contributed by atoms with E-state index in [-0.39, 0.29) is 36.8 Å². The molecule has 0 radical (unpaired) electrons. The minimum Gasteiger partial charge on any atom is -0.476 e. The molecule has 0 fully saturated rings. The molecule has 1 aliphatic heterocycles. The summed E-state index contributed by atoms with van der Waals surface area (Å²) in [6.07, 6.45) is 1.81. The molecule has 1 aliphatic rings. The van der Waals surface area contributed by atoms with E-state index in [0.717, 1.165) is 14.6 Å². The zero-order chi connectivity index (χ0) is 22.2. The molecule has 31 heavy (non-hydrogen) atoms. The molecule has 0 saturated carbocycles. The monoisotopic (exact) mass is 443 g/mol. The Kier molecular flexibility index (Phi) is 5.50. The summed E-state index contributed by atoms with van der Waals surface area (Å²) in [6, 6.07) is 11.1. The van der Waals surface area contributed by atoms with Crippen LogP contribution in [-0.4, -0.2) is 32.4 Å². The van der Waals surface area contributed by atoms with Gasteiger partial charge in [0.25, 0.3) is 5.91 Å². The van der Waals surface area contributed by atoms with Gasteiger partial charge in [-0.3, -0.25) is 14.3 Å². The standard InChI is InChI=1S/C21H22FN5O3S/c1-21(2)19(28)27(16-5-3-4-6-17(16)30-21)18-8-7-15(31-18)12-25-13-24-26(20(25)29)11-14(9-22)10-23/h3-9,13H,10-12,23H2,1-2H3/b14-9+. The third kappa shape index (κ3) is 3.91. The third-order valence-corrected chi connectivity index (χ3v) is 6.00. The molecule has 0 unspecified atom stereocenters. The summed E-state index contributed by atoms with van der Waals surface area (Å²) in [5.74, 6) is 0.466. The third-order valence-electron chi connectivity index (χ3n) is 4.95. The maximum Gasteiger partial charge on any atom is 0.346 e. The number of hydrogen-bond acceptors (Lipinski definition) is 6. The Hall–Kier alpha value is -3.24. The van der Waals surface area contributed by atoms with Crippen LogP contribution in [0.15, 0.2) is 59.4 Å². The van der Waals surface area contributed by atoms with Crippen LogP contribution in [0.2, 0.25) is 0 Å². The minimum atomic E-state index is -0.999. The van der Waals surface area contributed by atoms with Crippen LogP contribution in [0.1, 0.15) is 18.7 Å². The van der Waals surface area contributed by atoms with Gasteiger partial charge in [0.2, 0.25) is 0 Å². The van der Waals surface area contributed by atoms with Crippen LogP contribution in [0.25, 0.3) is 0 Å². The predicted octanol–water partition coefficient (Wildman–Crippen LogP) is 2.80. The Bertz CT molecular complexity index is 1210. The van der Waals surface area contributed by atoms with Crippen molar-refractivity contribution < 1.29 is 13.9 Å². The van der Waals surface area contributed by atoms with Gasteiger partial charge in [-0.1, -0.05) is 12.1 Å². The van der Waals surface area contributed by atoms with Gasteiger partial charge in [-0.15, -0.1) is 11.3 Å². The average molecular weight is 444 g/mol. The van der Waals surface area contributed by atoms with E-state index >= 15 is 0 Å². The number of anilines is 2. The fraction of sp³-hybridized carbons (Fsp3) is 0.286. The number of hydrogen-bond donors (Lipinski definition) is 1. The first-order valence-corrected chi connectivity index (χ1v) is 10.5. The van der Waals surface area contributed by atoms with Gasteiger partial charge in [0.1, 0.15) is 17.1 Å². The van der Waals surface area contributed by atoms with Crippen molar-refractivity contribution in [1.29, 1.82) is 0 Å². The number of para-hydroxylation sites is 2. The van der Waals surface area contributed by atoms with Gasteiger partial charge in [-0.25, -0.2) is 13.9 Å². The second-order valence-electron chi connectivity index (χ2n) is 7.63. The summed E-state index contributed by atoms with van der Waals surface area (Å²) >= 11 is 1.40. The molecule has 3 aromatic rings. The molecule has 0 bridgehead atoms. The van der Waals surface area contributed by atoms with Gasteiger partial charge in [0.05, 0.1) is 25.1 Å². The lowest BCUT2D eigenvalue weighted by Crippen LogP contribution is -2.50. The number of ether oxygens (including phenoxy) is 1. The van der Waals surface area contributed by atoms with E-state index in [9.17, 15) is 14.0 Å². The summed E-state index contributed by atoms with van der Waals surface area (Å²) < 4.78 is 21.2. The van der Waals surface area contributed by atoms with Crippen molar-refractivity contribution in [2.45, 2.75) is 32.5 Å². The molecular weight excluding hydrogens is 421 g/mol. The van der Waals surface area contributed by atoms with Crippen LogP contribution in [0.3, 0.4) is 0 Å². The first-order chi connectivity index (χ1) is 14.8. The van der Waals surface area contributed by atoms with E-state index in [4.69, 9.17) is 10.5 Å². The number of fused-ring (bicyclic) bond motifs is 1. The summed E-state index contributed by atoms with van der Waals surface area (Å²) in [5.41, 5.74) is 5.04. The lowest BCUT2D eigenvalue weighted by molar-refractivity contribution is -0.131. The van der Waals surface area contributed by atoms with Crippen molar-refractivity contribution in [2.75, 3.05) is 11.4 Å². The highest BCUT2D eigenvalue weighted by Crippen LogP contribution is 2.43. The maximum atomic E-state index is 13.1. The lowest BCUT2D eigenvalue weighted by Gasteiger charge is -2.38. The van der Waals surface area contributed by atoms with E-state index in [2.05, 4.69) is 5.10 Å². The number of benzene rings is 1. The second kappa shape index (κ2) is 8.12. The minimum absolute atomic E-state index is 0.00265. The molecule has 0 atom stereocenters. The number of nitrogens with two attached hydrogens (primary N) is 1. The second-order valence-corrected chi connectivity index (χ2v) is 8.78. The van der Waals surface area contributed by atoms with Crippen LogP contribution in [0.5, 0.6) is 5.75 Å². The first kappa shape index (κ1) is 21.0. The van der Waals surface area contributed by atoms with Crippen LogP contribution in [-0.2, 0) is 17.9 Å². The molecule has 2 aromatic heterocycles.